The SMILES string of the molecule is CN(Cc1ccncc1)Cc1ccc(N)cc1C(F)(F)F. The van der Waals surface area contributed by atoms with Crippen LogP contribution in [0.4, 0.5) is 18.9 Å². The Bertz CT molecular complexity index is 597. The first-order chi connectivity index (χ1) is 9.86. The number of halogens is 3. The highest BCUT2D eigenvalue weighted by Crippen LogP contribution is 2.33. The molecular weight excluding hydrogens is 279 g/mol. The lowest BCUT2D eigenvalue weighted by atomic mass is 10.1. The van der Waals surface area contributed by atoms with E-state index in [9.17, 15) is 13.2 Å². The van der Waals surface area contributed by atoms with Gasteiger partial charge in [0.05, 0.1) is 5.56 Å². The van der Waals surface area contributed by atoms with Gasteiger partial charge in [0.25, 0.3) is 0 Å². The van der Waals surface area contributed by atoms with E-state index in [2.05, 4.69) is 4.98 Å². The van der Waals surface area contributed by atoms with E-state index in [1.165, 1.54) is 12.1 Å². The van der Waals surface area contributed by atoms with Crippen LogP contribution in [0.1, 0.15) is 16.7 Å². The van der Waals surface area contributed by atoms with Gasteiger partial charge in [-0.05, 0) is 42.4 Å². The molecule has 0 bridgehead atoms. The topological polar surface area (TPSA) is 42.2 Å². The molecule has 2 aromatic rings. The molecule has 3 nitrogen and oxygen atoms in total. The molecule has 0 spiro atoms. The number of hydrogen-bond acceptors (Lipinski definition) is 3. The zero-order valence-electron chi connectivity index (χ0n) is 11.6. The van der Waals surface area contributed by atoms with Gasteiger partial charge in [-0.25, -0.2) is 0 Å². The molecule has 0 aliphatic heterocycles. The average molecular weight is 295 g/mol. The van der Waals surface area contributed by atoms with Gasteiger partial charge in [-0.15, -0.1) is 0 Å². The van der Waals surface area contributed by atoms with E-state index in [0.717, 1.165) is 11.6 Å². The minimum Gasteiger partial charge on any atom is -0.399 e. The predicted molar refractivity (Wildman–Crippen MR) is 75.3 cm³/mol. The zero-order valence-corrected chi connectivity index (χ0v) is 11.6. The molecule has 1 heterocycles. The lowest BCUT2D eigenvalue weighted by Crippen LogP contribution is -2.20. The van der Waals surface area contributed by atoms with Gasteiger partial charge in [0.1, 0.15) is 0 Å². The summed E-state index contributed by atoms with van der Waals surface area (Å²) >= 11 is 0. The molecule has 112 valence electrons. The fourth-order valence-electron chi connectivity index (χ4n) is 2.14. The number of aromatic nitrogens is 1. The first-order valence-electron chi connectivity index (χ1n) is 6.39. The smallest absolute Gasteiger partial charge is 0.399 e. The van der Waals surface area contributed by atoms with Crippen LogP contribution in [0.2, 0.25) is 0 Å². The van der Waals surface area contributed by atoms with Crippen molar-refractivity contribution in [2.75, 3.05) is 12.8 Å². The van der Waals surface area contributed by atoms with Crippen molar-refractivity contribution in [2.45, 2.75) is 19.3 Å². The third-order valence-corrected chi connectivity index (χ3v) is 3.08. The number of hydrogen-bond donors (Lipinski definition) is 1. The van der Waals surface area contributed by atoms with Crippen LogP contribution in [0.15, 0.2) is 42.7 Å². The molecule has 0 saturated carbocycles. The minimum absolute atomic E-state index is 0.114. The predicted octanol–water partition coefficient (Wildman–Crippen LogP) is 3.31. The normalized spacial score (nSPS) is 11.9. The van der Waals surface area contributed by atoms with Crippen LogP contribution in [0.3, 0.4) is 0 Å². The van der Waals surface area contributed by atoms with E-state index >= 15 is 0 Å². The van der Waals surface area contributed by atoms with Crippen LogP contribution in [-0.2, 0) is 19.3 Å². The van der Waals surface area contributed by atoms with Gasteiger partial charge in [0.15, 0.2) is 0 Å². The summed E-state index contributed by atoms with van der Waals surface area (Å²) in [7, 11) is 1.77. The maximum atomic E-state index is 13.0. The molecule has 2 N–H and O–H groups in total. The largest absolute Gasteiger partial charge is 0.416 e. The van der Waals surface area contributed by atoms with Crippen LogP contribution < -0.4 is 5.73 Å². The van der Waals surface area contributed by atoms with Crippen molar-refractivity contribution in [3.8, 4) is 0 Å². The summed E-state index contributed by atoms with van der Waals surface area (Å²) in [5.41, 5.74) is 6.11. The number of nitrogens with zero attached hydrogens (tertiary/aromatic N) is 2. The minimum atomic E-state index is -4.40. The Hall–Kier alpha value is -2.08. The summed E-state index contributed by atoms with van der Waals surface area (Å²) in [6.45, 7) is 0.738. The average Bonchev–Trinajstić information content (AvgIpc) is 2.40. The Morgan fingerprint density at radius 3 is 2.38 bits per heavy atom. The second-order valence-electron chi connectivity index (χ2n) is 4.94. The van der Waals surface area contributed by atoms with Crippen molar-refractivity contribution in [1.29, 1.82) is 0 Å². The van der Waals surface area contributed by atoms with Crippen molar-refractivity contribution in [1.82, 2.24) is 9.88 Å². The van der Waals surface area contributed by atoms with Crippen molar-refractivity contribution in [2.24, 2.45) is 0 Å². The van der Waals surface area contributed by atoms with Gasteiger partial charge in [0.2, 0.25) is 0 Å². The van der Waals surface area contributed by atoms with Gasteiger partial charge in [-0.1, -0.05) is 6.07 Å². The Kier molecular flexibility index (Phi) is 4.47. The lowest BCUT2D eigenvalue weighted by Gasteiger charge is -2.20. The Morgan fingerprint density at radius 2 is 1.76 bits per heavy atom. The highest BCUT2D eigenvalue weighted by atomic mass is 19.4. The van der Waals surface area contributed by atoms with Gasteiger partial charge in [0, 0.05) is 31.2 Å². The van der Waals surface area contributed by atoms with Gasteiger partial charge in [-0.2, -0.15) is 13.2 Å². The molecular formula is C15H16F3N3. The van der Waals surface area contributed by atoms with Crippen LogP contribution in [0, 0.1) is 0 Å². The third-order valence-electron chi connectivity index (χ3n) is 3.08. The van der Waals surface area contributed by atoms with Crippen LogP contribution in [0.5, 0.6) is 0 Å². The zero-order chi connectivity index (χ0) is 15.5. The van der Waals surface area contributed by atoms with Gasteiger partial charge >= 0.3 is 6.18 Å². The molecule has 0 amide bonds. The summed E-state index contributed by atoms with van der Waals surface area (Å²) in [6, 6.07) is 7.58. The number of pyridine rings is 1. The number of rotatable bonds is 4. The van der Waals surface area contributed by atoms with Crippen LogP contribution in [-0.4, -0.2) is 16.9 Å². The van der Waals surface area contributed by atoms with Crippen LogP contribution in [0.25, 0.3) is 0 Å². The van der Waals surface area contributed by atoms with Crippen molar-refractivity contribution in [3.63, 3.8) is 0 Å². The Labute approximate surface area is 121 Å². The molecule has 1 aromatic heterocycles. The molecule has 6 heteroatoms. The molecule has 0 atom stereocenters. The van der Waals surface area contributed by atoms with Gasteiger partial charge in [-0.3, -0.25) is 9.88 Å². The molecule has 0 radical (unpaired) electrons. The first-order valence-corrected chi connectivity index (χ1v) is 6.39. The molecule has 21 heavy (non-hydrogen) atoms. The maximum absolute atomic E-state index is 13.0. The molecule has 2 rings (SSSR count). The maximum Gasteiger partial charge on any atom is 0.416 e. The number of anilines is 1. The highest BCUT2D eigenvalue weighted by molar-refractivity contribution is 5.46. The lowest BCUT2D eigenvalue weighted by molar-refractivity contribution is -0.138. The molecule has 0 aliphatic rings. The van der Waals surface area contributed by atoms with Gasteiger partial charge < -0.3 is 5.73 Å². The Balaban J connectivity index is 2.16. The standard InChI is InChI=1S/C15H16F3N3/c1-21(9-11-4-6-20-7-5-11)10-12-2-3-13(19)8-14(12)15(16,17)18/h2-8H,9-10,19H2,1H3. The molecule has 0 aliphatic carbocycles. The summed E-state index contributed by atoms with van der Waals surface area (Å²) in [4.78, 5) is 5.73. The third kappa shape index (κ3) is 4.19. The second kappa shape index (κ2) is 6.13. The number of nitrogen functional groups attached to an aromatic ring is 1. The summed E-state index contributed by atoms with van der Waals surface area (Å²) in [5, 5.41) is 0. The number of benzene rings is 1. The number of alkyl halides is 3. The highest BCUT2D eigenvalue weighted by Gasteiger charge is 2.33. The van der Waals surface area contributed by atoms with E-state index in [1.54, 1.807) is 19.4 Å². The van der Waals surface area contributed by atoms with E-state index in [0.29, 0.717) is 6.54 Å². The fraction of sp³-hybridized carbons (Fsp3) is 0.267. The van der Waals surface area contributed by atoms with E-state index in [1.807, 2.05) is 17.0 Å². The fourth-order valence-corrected chi connectivity index (χ4v) is 2.14. The Morgan fingerprint density at radius 1 is 1.10 bits per heavy atom. The van der Waals surface area contributed by atoms with E-state index in [4.69, 9.17) is 5.73 Å². The summed E-state index contributed by atoms with van der Waals surface area (Å²) < 4.78 is 39.1. The van der Waals surface area contributed by atoms with E-state index in [-0.39, 0.29) is 17.8 Å². The molecule has 0 saturated heterocycles. The summed E-state index contributed by atoms with van der Waals surface area (Å²) in [5.74, 6) is 0. The number of nitrogens with two attached hydrogens (primary N) is 1. The second-order valence-corrected chi connectivity index (χ2v) is 4.94. The monoisotopic (exact) mass is 295 g/mol. The van der Waals surface area contributed by atoms with E-state index < -0.39 is 11.7 Å². The molecule has 0 unspecified atom stereocenters. The van der Waals surface area contributed by atoms with Crippen LogP contribution >= 0.6 is 0 Å². The first kappa shape index (κ1) is 15.3. The molecule has 1 aromatic carbocycles. The quantitative estimate of drug-likeness (QED) is 0.880. The van der Waals surface area contributed by atoms with Crippen molar-refractivity contribution in [3.05, 3.63) is 59.4 Å². The van der Waals surface area contributed by atoms with Crippen molar-refractivity contribution < 1.29 is 13.2 Å². The molecule has 0 fully saturated rings. The van der Waals surface area contributed by atoms with Crippen molar-refractivity contribution >= 4 is 5.69 Å². The summed E-state index contributed by atoms with van der Waals surface area (Å²) in [6.07, 6.45) is -1.08.